The van der Waals surface area contributed by atoms with Gasteiger partial charge >= 0.3 is 0 Å². The van der Waals surface area contributed by atoms with Gasteiger partial charge in [-0.1, -0.05) is 19.3 Å². The van der Waals surface area contributed by atoms with E-state index in [1.165, 1.54) is 19.3 Å². The second kappa shape index (κ2) is 4.27. The maximum Gasteiger partial charge on any atom is 0.271 e. The van der Waals surface area contributed by atoms with Gasteiger partial charge in [-0.15, -0.1) is 0 Å². The molecule has 0 aromatic heterocycles. The summed E-state index contributed by atoms with van der Waals surface area (Å²) in [5.74, 6) is 1.34. The van der Waals surface area contributed by atoms with Crippen LogP contribution in [-0.2, 0) is 9.47 Å². The molecule has 0 spiro atoms. The van der Waals surface area contributed by atoms with E-state index in [2.05, 4.69) is 6.58 Å². The van der Waals surface area contributed by atoms with Crippen molar-refractivity contribution in [3.63, 3.8) is 0 Å². The lowest BCUT2D eigenvalue weighted by molar-refractivity contribution is 0.0518. The molecule has 0 atom stereocenters. The van der Waals surface area contributed by atoms with Crippen LogP contribution in [0.15, 0.2) is 12.5 Å². The van der Waals surface area contributed by atoms with E-state index in [1.807, 2.05) is 0 Å². The second-order valence-electron chi connectivity index (χ2n) is 3.01. The molecule has 1 rings (SSSR count). The Morgan fingerprint density at radius 2 is 2.27 bits per heavy atom. The van der Waals surface area contributed by atoms with Crippen molar-refractivity contribution in [3.05, 3.63) is 12.5 Å². The molecule has 11 heavy (non-hydrogen) atoms. The van der Waals surface area contributed by atoms with Crippen LogP contribution in [-0.4, -0.2) is 13.7 Å². The molecule has 0 amide bonds. The summed E-state index contributed by atoms with van der Waals surface area (Å²) in [5, 5.41) is 0. The van der Waals surface area contributed by atoms with Crippen molar-refractivity contribution in [2.45, 2.75) is 25.7 Å². The number of hydrogen-bond acceptors (Lipinski definition) is 2. The lowest BCUT2D eigenvalue weighted by atomic mass is 9.83. The van der Waals surface area contributed by atoms with Gasteiger partial charge in [-0.3, -0.25) is 0 Å². The number of methoxy groups -OCH3 is 1. The first-order chi connectivity index (χ1) is 5.33. The molecule has 1 saturated carbocycles. The summed E-state index contributed by atoms with van der Waals surface area (Å²) >= 11 is 0. The van der Waals surface area contributed by atoms with E-state index >= 15 is 0 Å². The SMILES string of the molecule is C=C(OC)OCCC1CCC1. The fourth-order valence-corrected chi connectivity index (χ4v) is 1.18. The molecule has 0 heterocycles. The van der Waals surface area contributed by atoms with Crippen LogP contribution < -0.4 is 0 Å². The molecule has 0 aromatic carbocycles. The molecule has 1 aliphatic carbocycles. The fraction of sp³-hybridized carbons (Fsp3) is 0.778. The number of rotatable bonds is 5. The van der Waals surface area contributed by atoms with Gasteiger partial charge < -0.3 is 9.47 Å². The summed E-state index contributed by atoms with van der Waals surface area (Å²) in [4.78, 5) is 0. The Bertz CT molecular complexity index is 128. The average molecular weight is 156 g/mol. The molecule has 64 valence electrons. The Morgan fingerprint density at radius 3 is 2.73 bits per heavy atom. The molecule has 2 nitrogen and oxygen atoms in total. The molecule has 1 aliphatic rings. The molecular formula is C9H16O2. The van der Waals surface area contributed by atoms with Crippen molar-refractivity contribution >= 4 is 0 Å². The van der Waals surface area contributed by atoms with Crippen molar-refractivity contribution < 1.29 is 9.47 Å². The predicted octanol–water partition coefficient (Wildman–Crippen LogP) is 2.31. The molecule has 0 unspecified atom stereocenters. The minimum atomic E-state index is 0.435. The van der Waals surface area contributed by atoms with Crippen LogP contribution in [0.4, 0.5) is 0 Å². The molecule has 0 aromatic rings. The first-order valence-corrected chi connectivity index (χ1v) is 4.18. The Kier molecular flexibility index (Phi) is 3.27. The van der Waals surface area contributed by atoms with Crippen molar-refractivity contribution in [2.24, 2.45) is 5.92 Å². The summed E-state index contributed by atoms with van der Waals surface area (Å²) < 4.78 is 9.95. The van der Waals surface area contributed by atoms with Gasteiger partial charge in [-0.05, 0) is 18.9 Å². The Balaban J connectivity index is 1.90. The molecule has 1 fully saturated rings. The maximum atomic E-state index is 5.18. The van der Waals surface area contributed by atoms with Crippen LogP contribution >= 0.6 is 0 Å². The average Bonchev–Trinajstić information content (AvgIpc) is 1.94. The van der Waals surface area contributed by atoms with Crippen LogP contribution in [0, 0.1) is 5.92 Å². The van der Waals surface area contributed by atoms with E-state index in [4.69, 9.17) is 9.47 Å². The first kappa shape index (κ1) is 8.44. The smallest absolute Gasteiger partial charge is 0.271 e. The van der Waals surface area contributed by atoms with Gasteiger partial charge in [-0.2, -0.15) is 0 Å². The zero-order valence-corrected chi connectivity index (χ0v) is 7.14. The summed E-state index contributed by atoms with van der Waals surface area (Å²) in [6.07, 6.45) is 5.31. The zero-order valence-electron chi connectivity index (χ0n) is 7.14. The lowest BCUT2D eigenvalue weighted by Crippen LogP contribution is -2.13. The highest BCUT2D eigenvalue weighted by atomic mass is 16.7. The number of ether oxygens (including phenoxy) is 2. The third-order valence-corrected chi connectivity index (χ3v) is 2.24. The fourth-order valence-electron chi connectivity index (χ4n) is 1.18. The van der Waals surface area contributed by atoms with Gasteiger partial charge in [0.1, 0.15) is 0 Å². The quantitative estimate of drug-likeness (QED) is 0.569. The Labute approximate surface area is 68.2 Å². The van der Waals surface area contributed by atoms with Gasteiger partial charge in [-0.25, -0.2) is 0 Å². The van der Waals surface area contributed by atoms with Crippen LogP contribution in [0.25, 0.3) is 0 Å². The topological polar surface area (TPSA) is 18.5 Å². The van der Waals surface area contributed by atoms with Crippen LogP contribution in [0.3, 0.4) is 0 Å². The Morgan fingerprint density at radius 1 is 1.55 bits per heavy atom. The highest BCUT2D eigenvalue weighted by molar-refractivity contribution is 4.71. The largest absolute Gasteiger partial charge is 0.469 e. The van der Waals surface area contributed by atoms with Gasteiger partial charge in [0, 0.05) is 0 Å². The standard InChI is InChI=1S/C9H16O2/c1-8(10-2)11-7-6-9-4-3-5-9/h9H,1,3-7H2,2H3. The third-order valence-electron chi connectivity index (χ3n) is 2.24. The number of hydrogen-bond donors (Lipinski definition) is 0. The van der Waals surface area contributed by atoms with Crippen molar-refractivity contribution in [1.82, 2.24) is 0 Å². The van der Waals surface area contributed by atoms with Crippen LogP contribution in [0.2, 0.25) is 0 Å². The van der Waals surface area contributed by atoms with Gasteiger partial charge in [0.05, 0.1) is 13.7 Å². The minimum Gasteiger partial charge on any atom is -0.469 e. The normalized spacial score (nSPS) is 17.2. The van der Waals surface area contributed by atoms with E-state index in [0.717, 1.165) is 18.9 Å². The van der Waals surface area contributed by atoms with Crippen molar-refractivity contribution in [2.75, 3.05) is 13.7 Å². The third kappa shape index (κ3) is 2.83. The summed E-state index contributed by atoms with van der Waals surface area (Å²) in [7, 11) is 1.58. The highest BCUT2D eigenvalue weighted by Gasteiger charge is 2.16. The van der Waals surface area contributed by atoms with Gasteiger partial charge in [0.15, 0.2) is 0 Å². The Hall–Kier alpha value is -0.660. The predicted molar refractivity (Wildman–Crippen MR) is 44.1 cm³/mol. The van der Waals surface area contributed by atoms with E-state index < -0.39 is 0 Å². The van der Waals surface area contributed by atoms with E-state index in [1.54, 1.807) is 7.11 Å². The monoisotopic (exact) mass is 156 g/mol. The van der Waals surface area contributed by atoms with E-state index in [-0.39, 0.29) is 0 Å². The maximum absolute atomic E-state index is 5.18. The molecule has 0 bridgehead atoms. The molecule has 0 aliphatic heterocycles. The van der Waals surface area contributed by atoms with Crippen molar-refractivity contribution in [3.8, 4) is 0 Å². The zero-order chi connectivity index (χ0) is 8.10. The second-order valence-corrected chi connectivity index (χ2v) is 3.01. The molecule has 0 saturated heterocycles. The summed E-state index contributed by atoms with van der Waals surface area (Å²) in [6.45, 7) is 4.33. The first-order valence-electron chi connectivity index (χ1n) is 4.18. The molecule has 2 heteroatoms. The van der Waals surface area contributed by atoms with E-state index in [9.17, 15) is 0 Å². The van der Waals surface area contributed by atoms with Gasteiger partial charge in [0.2, 0.25) is 0 Å². The molecule has 0 N–H and O–H groups in total. The van der Waals surface area contributed by atoms with Crippen molar-refractivity contribution in [1.29, 1.82) is 0 Å². The highest BCUT2D eigenvalue weighted by Crippen LogP contribution is 2.29. The summed E-state index contributed by atoms with van der Waals surface area (Å²) in [6, 6.07) is 0. The van der Waals surface area contributed by atoms with Crippen LogP contribution in [0.1, 0.15) is 25.7 Å². The summed E-state index contributed by atoms with van der Waals surface area (Å²) in [5.41, 5.74) is 0. The lowest BCUT2D eigenvalue weighted by Gasteiger charge is -2.24. The van der Waals surface area contributed by atoms with Gasteiger partial charge in [0.25, 0.3) is 5.95 Å². The van der Waals surface area contributed by atoms with E-state index in [0.29, 0.717) is 5.95 Å². The molecule has 0 radical (unpaired) electrons. The molecular weight excluding hydrogens is 140 g/mol. The minimum absolute atomic E-state index is 0.435. The van der Waals surface area contributed by atoms with Crippen LogP contribution in [0.5, 0.6) is 0 Å².